The number of carbonyl (C=O) groups is 1. The first-order valence-electron chi connectivity index (χ1n) is 10.3. The quantitative estimate of drug-likeness (QED) is 0.292. The maximum absolute atomic E-state index is 13.9. The van der Waals surface area contributed by atoms with Crippen LogP contribution in [0.3, 0.4) is 0 Å². The van der Waals surface area contributed by atoms with Crippen molar-refractivity contribution in [3.63, 3.8) is 0 Å². The summed E-state index contributed by atoms with van der Waals surface area (Å²) in [5, 5.41) is 13.0. The summed E-state index contributed by atoms with van der Waals surface area (Å²) < 4.78 is 54.1. The van der Waals surface area contributed by atoms with E-state index in [1.807, 2.05) is 6.07 Å². The number of nitrogens with one attached hydrogen (secondary N) is 1. The number of alkyl halides is 4. The minimum Gasteiger partial charge on any atom is -0.478 e. The second-order valence-electron chi connectivity index (χ2n) is 7.69. The van der Waals surface area contributed by atoms with Crippen LogP contribution in [0.2, 0.25) is 0 Å². The van der Waals surface area contributed by atoms with Crippen LogP contribution in [0.4, 0.5) is 23.2 Å². The van der Waals surface area contributed by atoms with Crippen molar-refractivity contribution in [2.45, 2.75) is 26.3 Å². The summed E-state index contributed by atoms with van der Waals surface area (Å²) in [6.45, 7) is 1.99. The molecule has 5 nitrogen and oxygen atoms in total. The summed E-state index contributed by atoms with van der Waals surface area (Å²) in [6.07, 6.45) is -4.62. The molecule has 0 unspecified atom stereocenters. The average molecular weight is 469 g/mol. The highest BCUT2D eigenvalue weighted by atomic mass is 19.3. The van der Waals surface area contributed by atoms with Gasteiger partial charge in [0.05, 0.1) is 11.1 Å². The Balaban J connectivity index is 1.83. The van der Waals surface area contributed by atoms with Gasteiger partial charge >= 0.3 is 5.97 Å². The van der Waals surface area contributed by atoms with E-state index in [-0.39, 0.29) is 23.2 Å². The largest absolute Gasteiger partial charge is 0.478 e. The Morgan fingerprint density at radius 3 is 2.50 bits per heavy atom. The summed E-state index contributed by atoms with van der Waals surface area (Å²) >= 11 is 0. The van der Waals surface area contributed by atoms with E-state index in [0.29, 0.717) is 22.2 Å². The first kappa shape index (κ1) is 23.2. The van der Waals surface area contributed by atoms with Crippen LogP contribution in [-0.4, -0.2) is 21.0 Å². The number of para-hydroxylation sites is 1. The Kier molecular flexibility index (Phi) is 6.45. The van der Waals surface area contributed by atoms with E-state index in [1.165, 1.54) is 18.2 Å². The number of fused-ring (bicyclic) bond motifs is 1. The van der Waals surface area contributed by atoms with Crippen molar-refractivity contribution in [1.82, 2.24) is 9.97 Å². The molecule has 2 heterocycles. The minimum atomic E-state index is -2.92. The fourth-order valence-corrected chi connectivity index (χ4v) is 3.81. The molecule has 0 amide bonds. The van der Waals surface area contributed by atoms with Crippen LogP contribution in [0.15, 0.2) is 60.8 Å². The third-order valence-electron chi connectivity index (χ3n) is 5.34. The van der Waals surface area contributed by atoms with Crippen LogP contribution >= 0.6 is 0 Å². The zero-order valence-electron chi connectivity index (χ0n) is 17.9. The van der Waals surface area contributed by atoms with E-state index in [2.05, 4.69) is 15.3 Å². The lowest BCUT2D eigenvalue weighted by Gasteiger charge is -2.16. The summed E-state index contributed by atoms with van der Waals surface area (Å²) in [7, 11) is 0. The van der Waals surface area contributed by atoms with Gasteiger partial charge in [-0.05, 0) is 60.0 Å². The topological polar surface area (TPSA) is 75.1 Å². The van der Waals surface area contributed by atoms with Gasteiger partial charge in [0.1, 0.15) is 11.4 Å². The number of halogens is 4. The van der Waals surface area contributed by atoms with Crippen molar-refractivity contribution in [3.05, 3.63) is 88.9 Å². The zero-order chi connectivity index (χ0) is 24.4. The van der Waals surface area contributed by atoms with Crippen LogP contribution < -0.4 is 5.32 Å². The third-order valence-corrected chi connectivity index (χ3v) is 5.34. The molecule has 0 fully saturated rings. The zero-order valence-corrected chi connectivity index (χ0v) is 17.9. The molecule has 0 aliphatic carbocycles. The van der Waals surface area contributed by atoms with Crippen LogP contribution in [0, 0.1) is 6.92 Å². The number of pyridine rings is 2. The molecule has 34 heavy (non-hydrogen) atoms. The predicted octanol–water partition coefficient (Wildman–Crippen LogP) is 6.79. The summed E-state index contributed by atoms with van der Waals surface area (Å²) in [4.78, 5) is 19.3. The Bertz CT molecular complexity index is 1380. The predicted molar refractivity (Wildman–Crippen MR) is 120 cm³/mol. The first-order valence-corrected chi connectivity index (χ1v) is 10.3. The molecule has 2 N–H and O–H groups in total. The van der Waals surface area contributed by atoms with Gasteiger partial charge in [-0.2, -0.15) is 0 Å². The Morgan fingerprint density at radius 1 is 1.03 bits per heavy atom. The van der Waals surface area contributed by atoms with E-state index in [1.54, 1.807) is 31.2 Å². The van der Waals surface area contributed by atoms with Gasteiger partial charge in [0.25, 0.3) is 12.9 Å². The van der Waals surface area contributed by atoms with Crippen molar-refractivity contribution < 1.29 is 27.5 Å². The number of benzene rings is 2. The fraction of sp³-hybridized carbons (Fsp3) is 0.160. The Labute approximate surface area is 192 Å². The molecule has 0 radical (unpaired) electrons. The number of aromatic carboxylic acids is 1. The monoisotopic (exact) mass is 469 g/mol. The average Bonchev–Trinajstić information content (AvgIpc) is 2.81. The molecule has 0 spiro atoms. The molecule has 0 saturated heterocycles. The number of anilines is 1. The van der Waals surface area contributed by atoms with Gasteiger partial charge < -0.3 is 10.4 Å². The maximum Gasteiger partial charge on any atom is 0.337 e. The molecule has 0 saturated carbocycles. The number of carboxylic acid groups (broad SMARTS) is 1. The van der Waals surface area contributed by atoms with Gasteiger partial charge in [0, 0.05) is 29.4 Å². The Hall–Kier alpha value is -4.01. The van der Waals surface area contributed by atoms with E-state index in [0.717, 1.165) is 17.8 Å². The normalized spacial score (nSPS) is 11.4. The molecule has 2 aromatic carbocycles. The second kappa shape index (κ2) is 9.46. The van der Waals surface area contributed by atoms with Crippen molar-refractivity contribution >= 4 is 22.6 Å². The fourth-order valence-electron chi connectivity index (χ4n) is 3.81. The first-order chi connectivity index (χ1) is 16.2. The van der Waals surface area contributed by atoms with Crippen molar-refractivity contribution in [1.29, 1.82) is 0 Å². The van der Waals surface area contributed by atoms with E-state index in [9.17, 15) is 27.5 Å². The molecule has 0 bridgehead atoms. The number of aryl methyl sites for hydroxylation is 1. The lowest BCUT2D eigenvalue weighted by molar-refractivity contribution is 0.0697. The number of aromatic nitrogens is 2. The van der Waals surface area contributed by atoms with Crippen LogP contribution in [-0.2, 0) is 6.54 Å². The summed E-state index contributed by atoms with van der Waals surface area (Å²) in [6, 6.07) is 13.9. The van der Waals surface area contributed by atoms with Crippen molar-refractivity contribution in [3.8, 4) is 11.1 Å². The van der Waals surface area contributed by atoms with Gasteiger partial charge in [-0.1, -0.05) is 18.2 Å². The van der Waals surface area contributed by atoms with E-state index >= 15 is 0 Å². The van der Waals surface area contributed by atoms with Gasteiger partial charge in [-0.15, -0.1) is 0 Å². The van der Waals surface area contributed by atoms with Crippen LogP contribution in [0.1, 0.15) is 45.7 Å². The summed E-state index contributed by atoms with van der Waals surface area (Å²) in [5.41, 5.74) is 1.44. The molecule has 4 aromatic rings. The molecular weight excluding hydrogens is 450 g/mol. The van der Waals surface area contributed by atoms with Crippen LogP contribution in [0.5, 0.6) is 0 Å². The number of hydrogen-bond acceptors (Lipinski definition) is 4. The van der Waals surface area contributed by atoms with Gasteiger partial charge in [-0.3, -0.25) is 4.98 Å². The molecule has 0 aliphatic heterocycles. The van der Waals surface area contributed by atoms with Crippen LogP contribution in [0.25, 0.3) is 22.0 Å². The van der Waals surface area contributed by atoms with Gasteiger partial charge in [0.2, 0.25) is 0 Å². The highest BCUT2D eigenvalue weighted by molar-refractivity contribution is 5.94. The molecule has 4 rings (SSSR count). The maximum atomic E-state index is 13.9. The lowest BCUT2D eigenvalue weighted by Crippen LogP contribution is -2.07. The second-order valence-corrected chi connectivity index (χ2v) is 7.69. The van der Waals surface area contributed by atoms with E-state index in [4.69, 9.17) is 0 Å². The number of nitrogens with zero attached hydrogens (tertiary/aromatic N) is 2. The molecule has 0 atom stereocenters. The molecule has 2 aromatic heterocycles. The summed E-state index contributed by atoms with van der Waals surface area (Å²) in [5.74, 6) is -1.09. The van der Waals surface area contributed by atoms with Gasteiger partial charge in [-0.25, -0.2) is 27.3 Å². The SMILES string of the molecule is Cc1cc(CNc2ccccc2C(=O)O)c2cc(-c3ccnc(C(F)F)c3)c(C(F)F)nc2c1. The minimum absolute atomic E-state index is 0.0304. The lowest BCUT2D eigenvalue weighted by atomic mass is 9.97. The number of hydrogen-bond donors (Lipinski definition) is 2. The molecule has 0 aliphatic rings. The molecule has 174 valence electrons. The number of carboxylic acids is 1. The molecule has 9 heteroatoms. The standard InChI is InChI=1S/C25H19F4N3O2/c1-13-8-15(12-31-19-5-3-2-4-16(19)25(33)34)17-11-18(22(24(28)29)32-20(17)9-13)14-6-7-30-21(10-14)23(26)27/h2-11,23-24,31H,12H2,1H3,(H,33,34). The highest BCUT2D eigenvalue weighted by Gasteiger charge is 2.20. The smallest absolute Gasteiger partial charge is 0.337 e. The number of rotatable bonds is 7. The van der Waals surface area contributed by atoms with Gasteiger partial charge in [0.15, 0.2) is 0 Å². The van der Waals surface area contributed by atoms with Crippen molar-refractivity contribution in [2.75, 3.05) is 5.32 Å². The Morgan fingerprint density at radius 2 is 1.79 bits per heavy atom. The molecular formula is C25H19F4N3O2. The highest BCUT2D eigenvalue weighted by Crippen LogP contribution is 2.35. The third kappa shape index (κ3) is 4.68. The van der Waals surface area contributed by atoms with E-state index < -0.39 is 30.2 Å². The van der Waals surface area contributed by atoms with Crippen molar-refractivity contribution in [2.24, 2.45) is 0 Å².